The lowest BCUT2D eigenvalue weighted by Gasteiger charge is -2.21. The highest BCUT2D eigenvalue weighted by Gasteiger charge is 2.35. The zero-order valence-electron chi connectivity index (χ0n) is 10.7. The number of carbonyl (C=O) groups excluding carboxylic acids is 1. The van der Waals surface area contributed by atoms with E-state index in [9.17, 15) is 10.1 Å². The Morgan fingerprint density at radius 2 is 2.17 bits per heavy atom. The summed E-state index contributed by atoms with van der Waals surface area (Å²) in [5.74, 6) is 0.187. The van der Waals surface area contributed by atoms with Gasteiger partial charge in [-0.15, -0.1) is 0 Å². The molecule has 5 heteroatoms. The lowest BCUT2D eigenvalue weighted by Crippen LogP contribution is -2.34. The lowest BCUT2D eigenvalue weighted by atomic mass is 9.83. The van der Waals surface area contributed by atoms with E-state index in [-0.39, 0.29) is 5.91 Å². The molecule has 0 fully saturated rings. The Hall–Kier alpha value is -1.41. The van der Waals surface area contributed by atoms with Gasteiger partial charge < -0.3 is 5.32 Å². The van der Waals surface area contributed by atoms with Crippen LogP contribution in [-0.4, -0.2) is 10.9 Å². The Morgan fingerprint density at radius 1 is 1.56 bits per heavy atom. The zero-order chi connectivity index (χ0) is 13.8. The number of halogens is 1. The fourth-order valence-electron chi connectivity index (χ4n) is 1.62. The van der Waals surface area contributed by atoms with E-state index in [2.05, 4.69) is 32.3 Å². The van der Waals surface area contributed by atoms with Crippen LogP contribution in [0.3, 0.4) is 0 Å². The number of amides is 1. The minimum atomic E-state index is -0.970. The van der Waals surface area contributed by atoms with Crippen LogP contribution in [0.5, 0.6) is 0 Å². The molecule has 1 N–H and O–H groups in total. The van der Waals surface area contributed by atoms with Crippen LogP contribution in [0.1, 0.15) is 32.3 Å². The SMILES string of the molecule is CCC(C#N)(CC)C(=O)Nc1cc(C)c(Br)cn1. The van der Waals surface area contributed by atoms with Crippen LogP contribution in [0.4, 0.5) is 5.82 Å². The number of pyridine rings is 1. The molecule has 0 aliphatic rings. The first-order chi connectivity index (χ1) is 8.49. The largest absolute Gasteiger partial charge is 0.309 e. The fraction of sp³-hybridized carbons (Fsp3) is 0.462. The monoisotopic (exact) mass is 309 g/mol. The van der Waals surface area contributed by atoms with Gasteiger partial charge in [0, 0.05) is 10.7 Å². The fourth-order valence-corrected chi connectivity index (χ4v) is 1.84. The highest BCUT2D eigenvalue weighted by atomic mass is 79.9. The molecule has 1 rings (SSSR count). The Kier molecular flexibility index (Phi) is 4.85. The quantitative estimate of drug-likeness (QED) is 0.926. The van der Waals surface area contributed by atoms with Crippen LogP contribution in [-0.2, 0) is 4.79 Å². The number of nitriles is 1. The molecular weight excluding hydrogens is 294 g/mol. The first-order valence-corrected chi connectivity index (χ1v) is 6.63. The molecular formula is C13H16BrN3O. The molecule has 0 unspecified atom stereocenters. The number of hydrogen-bond donors (Lipinski definition) is 1. The van der Waals surface area contributed by atoms with Crippen LogP contribution in [0.2, 0.25) is 0 Å². The average Bonchev–Trinajstić information content (AvgIpc) is 2.37. The van der Waals surface area contributed by atoms with E-state index in [0.29, 0.717) is 18.7 Å². The summed E-state index contributed by atoms with van der Waals surface area (Å²) in [7, 11) is 0. The topological polar surface area (TPSA) is 65.8 Å². The number of hydrogen-bond acceptors (Lipinski definition) is 3. The van der Waals surface area contributed by atoms with Crippen molar-refractivity contribution in [2.75, 3.05) is 5.32 Å². The number of nitrogens with zero attached hydrogens (tertiary/aromatic N) is 2. The minimum absolute atomic E-state index is 0.288. The molecule has 0 saturated heterocycles. The number of anilines is 1. The summed E-state index contributed by atoms with van der Waals surface area (Å²) in [5, 5.41) is 11.9. The molecule has 0 aliphatic carbocycles. The molecule has 96 valence electrons. The normalized spacial score (nSPS) is 10.8. The van der Waals surface area contributed by atoms with Crippen LogP contribution in [0.15, 0.2) is 16.7 Å². The molecule has 4 nitrogen and oxygen atoms in total. The molecule has 0 aromatic carbocycles. The third-order valence-corrected chi connectivity index (χ3v) is 3.97. The third kappa shape index (κ3) is 2.88. The van der Waals surface area contributed by atoms with Crippen LogP contribution >= 0.6 is 15.9 Å². The summed E-state index contributed by atoms with van der Waals surface area (Å²) in [6.07, 6.45) is 2.61. The number of aromatic nitrogens is 1. The van der Waals surface area contributed by atoms with Crippen LogP contribution in [0.25, 0.3) is 0 Å². The highest BCUT2D eigenvalue weighted by molar-refractivity contribution is 9.10. The minimum Gasteiger partial charge on any atom is -0.309 e. The summed E-state index contributed by atoms with van der Waals surface area (Å²) in [6.45, 7) is 5.59. The maximum atomic E-state index is 12.1. The van der Waals surface area contributed by atoms with Gasteiger partial charge in [-0.05, 0) is 47.3 Å². The molecule has 1 heterocycles. The van der Waals surface area contributed by atoms with E-state index in [1.54, 1.807) is 12.3 Å². The highest BCUT2D eigenvalue weighted by Crippen LogP contribution is 2.27. The number of aryl methyl sites for hydroxylation is 1. The standard InChI is InChI=1S/C13H16BrN3O/c1-4-13(5-2,8-15)12(18)17-11-6-9(3)10(14)7-16-11/h6-7H,4-5H2,1-3H3,(H,16,17,18). The summed E-state index contributed by atoms with van der Waals surface area (Å²) < 4.78 is 0.887. The van der Waals surface area contributed by atoms with Gasteiger partial charge in [-0.2, -0.15) is 5.26 Å². The van der Waals surface area contributed by atoms with Gasteiger partial charge >= 0.3 is 0 Å². The van der Waals surface area contributed by atoms with E-state index >= 15 is 0 Å². The molecule has 0 bridgehead atoms. The summed E-state index contributed by atoms with van der Waals surface area (Å²) in [4.78, 5) is 16.2. The first-order valence-electron chi connectivity index (χ1n) is 5.84. The van der Waals surface area contributed by atoms with E-state index in [1.165, 1.54) is 0 Å². The summed E-state index contributed by atoms with van der Waals surface area (Å²) in [6, 6.07) is 3.89. The van der Waals surface area contributed by atoms with Crippen molar-refractivity contribution >= 4 is 27.7 Å². The van der Waals surface area contributed by atoms with Crippen molar-refractivity contribution < 1.29 is 4.79 Å². The Labute approximate surface area is 116 Å². The summed E-state index contributed by atoms with van der Waals surface area (Å²) in [5.41, 5.74) is 0.0127. The third-order valence-electron chi connectivity index (χ3n) is 3.14. The van der Waals surface area contributed by atoms with Crippen LogP contribution < -0.4 is 5.32 Å². The van der Waals surface area contributed by atoms with Gasteiger partial charge in [-0.3, -0.25) is 4.79 Å². The number of carbonyl (C=O) groups is 1. The smallest absolute Gasteiger partial charge is 0.245 e. The van der Waals surface area contributed by atoms with Gasteiger partial charge in [-0.25, -0.2) is 4.98 Å². The zero-order valence-corrected chi connectivity index (χ0v) is 12.3. The molecule has 0 saturated carbocycles. The Bertz CT molecular complexity index is 489. The van der Waals surface area contributed by atoms with Crippen LogP contribution in [0, 0.1) is 23.7 Å². The van der Waals surface area contributed by atoms with Crippen molar-refractivity contribution in [1.82, 2.24) is 4.98 Å². The molecule has 0 radical (unpaired) electrons. The second-order valence-corrected chi connectivity index (χ2v) is 5.03. The summed E-state index contributed by atoms with van der Waals surface area (Å²) >= 11 is 3.35. The molecule has 0 atom stereocenters. The number of rotatable bonds is 4. The molecule has 1 aromatic rings. The lowest BCUT2D eigenvalue weighted by molar-refractivity contribution is -0.123. The second-order valence-electron chi connectivity index (χ2n) is 4.17. The van der Waals surface area contributed by atoms with Gasteiger partial charge in [0.2, 0.25) is 5.91 Å². The van der Waals surface area contributed by atoms with Gasteiger partial charge in [0.15, 0.2) is 0 Å². The van der Waals surface area contributed by atoms with Crippen molar-refractivity contribution in [1.29, 1.82) is 5.26 Å². The van der Waals surface area contributed by atoms with E-state index in [0.717, 1.165) is 10.0 Å². The predicted octanol–water partition coefficient (Wildman–Crippen LogP) is 3.42. The maximum Gasteiger partial charge on any atom is 0.245 e. The van der Waals surface area contributed by atoms with Crippen molar-refractivity contribution in [2.45, 2.75) is 33.6 Å². The average molecular weight is 310 g/mol. The second kappa shape index (κ2) is 5.96. The van der Waals surface area contributed by atoms with Crippen molar-refractivity contribution in [3.63, 3.8) is 0 Å². The van der Waals surface area contributed by atoms with Crippen molar-refractivity contribution in [2.24, 2.45) is 5.41 Å². The Morgan fingerprint density at radius 3 is 2.61 bits per heavy atom. The molecule has 1 amide bonds. The van der Waals surface area contributed by atoms with Gasteiger partial charge in [-0.1, -0.05) is 13.8 Å². The van der Waals surface area contributed by atoms with Crippen molar-refractivity contribution in [3.05, 3.63) is 22.3 Å². The van der Waals surface area contributed by atoms with Gasteiger partial charge in [0.1, 0.15) is 11.2 Å². The van der Waals surface area contributed by atoms with E-state index in [1.807, 2.05) is 20.8 Å². The molecule has 18 heavy (non-hydrogen) atoms. The van der Waals surface area contributed by atoms with E-state index < -0.39 is 5.41 Å². The van der Waals surface area contributed by atoms with Crippen molar-refractivity contribution in [3.8, 4) is 6.07 Å². The molecule has 1 aromatic heterocycles. The van der Waals surface area contributed by atoms with E-state index in [4.69, 9.17) is 0 Å². The maximum absolute atomic E-state index is 12.1. The molecule has 0 aliphatic heterocycles. The Balaban J connectivity index is 2.94. The number of nitrogens with one attached hydrogen (secondary N) is 1. The predicted molar refractivity (Wildman–Crippen MR) is 73.9 cm³/mol. The first kappa shape index (κ1) is 14.7. The van der Waals surface area contributed by atoms with Gasteiger partial charge in [0.25, 0.3) is 0 Å². The van der Waals surface area contributed by atoms with Gasteiger partial charge in [0.05, 0.1) is 6.07 Å². The molecule has 0 spiro atoms.